The van der Waals surface area contributed by atoms with E-state index in [9.17, 15) is 22.8 Å². The maximum atomic E-state index is 11.8. The van der Waals surface area contributed by atoms with Crippen LogP contribution in [-0.4, -0.2) is 38.4 Å². The molecule has 0 atom stereocenters. The van der Waals surface area contributed by atoms with Gasteiger partial charge in [-0.1, -0.05) is 6.07 Å². The van der Waals surface area contributed by atoms with Crippen molar-refractivity contribution in [2.75, 3.05) is 25.6 Å². The summed E-state index contributed by atoms with van der Waals surface area (Å²) in [5.74, 6) is -1.07. The molecule has 0 radical (unpaired) electrons. The topological polar surface area (TPSA) is 64.6 Å². The summed E-state index contributed by atoms with van der Waals surface area (Å²) in [5.41, 5.74) is 0.599. The smallest absolute Gasteiger partial charge is 0.411 e. The minimum absolute atomic E-state index is 0.224. The van der Waals surface area contributed by atoms with Crippen LogP contribution in [-0.2, 0) is 14.3 Å². The highest BCUT2D eigenvalue weighted by Gasteiger charge is 2.27. The molecule has 0 bridgehead atoms. The SMILES string of the molecule is COC(=O)c1cccc(NC(=O)CCOCC(F)(F)F)c1. The van der Waals surface area contributed by atoms with Crippen LogP contribution in [0, 0.1) is 0 Å². The van der Waals surface area contributed by atoms with Crippen LogP contribution in [0.2, 0.25) is 0 Å². The fourth-order valence-corrected chi connectivity index (χ4v) is 1.42. The minimum atomic E-state index is -4.41. The third-order valence-corrected chi connectivity index (χ3v) is 2.31. The van der Waals surface area contributed by atoms with Gasteiger partial charge in [-0.15, -0.1) is 0 Å². The van der Waals surface area contributed by atoms with Gasteiger partial charge in [-0.25, -0.2) is 4.79 Å². The molecule has 1 amide bonds. The van der Waals surface area contributed by atoms with Gasteiger partial charge in [-0.3, -0.25) is 4.79 Å². The molecular formula is C13H14F3NO4. The summed E-state index contributed by atoms with van der Waals surface area (Å²) in [4.78, 5) is 22.8. The van der Waals surface area contributed by atoms with Crippen LogP contribution < -0.4 is 5.32 Å². The number of hydrogen-bond donors (Lipinski definition) is 1. The molecule has 0 fully saturated rings. The van der Waals surface area contributed by atoms with Gasteiger partial charge in [-0.05, 0) is 18.2 Å². The van der Waals surface area contributed by atoms with Crippen molar-refractivity contribution in [3.63, 3.8) is 0 Å². The Morgan fingerprint density at radius 1 is 1.29 bits per heavy atom. The van der Waals surface area contributed by atoms with Gasteiger partial charge in [-0.2, -0.15) is 13.2 Å². The number of hydrogen-bond acceptors (Lipinski definition) is 4. The summed E-state index contributed by atoms with van der Waals surface area (Å²) in [6, 6.07) is 6.00. The number of carbonyl (C=O) groups is 2. The molecule has 0 heterocycles. The summed E-state index contributed by atoms with van der Waals surface area (Å²) < 4.78 is 44.3. The Morgan fingerprint density at radius 2 is 2.00 bits per heavy atom. The minimum Gasteiger partial charge on any atom is -0.465 e. The van der Waals surface area contributed by atoms with E-state index in [0.717, 1.165) is 0 Å². The van der Waals surface area contributed by atoms with E-state index in [4.69, 9.17) is 0 Å². The molecule has 1 aromatic carbocycles. The van der Waals surface area contributed by atoms with E-state index in [2.05, 4.69) is 14.8 Å². The number of halogens is 3. The number of rotatable bonds is 6. The number of esters is 1. The monoisotopic (exact) mass is 305 g/mol. The second kappa shape index (κ2) is 7.63. The van der Waals surface area contributed by atoms with Crippen molar-refractivity contribution in [3.8, 4) is 0 Å². The number of ether oxygens (including phenoxy) is 2. The lowest BCUT2D eigenvalue weighted by Gasteiger charge is -2.08. The second-order valence-electron chi connectivity index (χ2n) is 4.04. The molecule has 0 unspecified atom stereocenters. The average molecular weight is 305 g/mol. The van der Waals surface area contributed by atoms with Crippen LogP contribution >= 0.6 is 0 Å². The van der Waals surface area contributed by atoms with Crippen LogP contribution in [0.4, 0.5) is 18.9 Å². The van der Waals surface area contributed by atoms with Gasteiger partial charge in [0.1, 0.15) is 6.61 Å². The number of amides is 1. The third kappa shape index (κ3) is 6.75. The molecule has 0 saturated heterocycles. The van der Waals surface area contributed by atoms with Crippen molar-refractivity contribution in [2.45, 2.75) is 12.6 Å². The summed E-state index contributed by atoms with van der Waals surface area (Å²) >= 11 is 0. The van der Waals surface area contributed by atoms with Crippen molar-refractivity contribution >= 4 is 17.6 Å². The molecule has 21 heavy (non-hydrogen) atoms. The Morgan fingerprint density at radius 3 is 2.62 bits per heavy atom. The van der Waals surface area contributed by atoms with E-state index >= 15 is 0 Å². The molecule has 0 saturated carbocycles. The Hall–Kier alpha value is -2.09. The molecule has 0 spiro atoms. The van der Waals surface area contributed by atoms with E-state index in [1.165, 1.54) is 19.2 Å². The number of nitrogens with one attached hydrogen (secondary N) is 1. The van der Waals surface area contributed by atoms with Gasteiger partial charge in [0.25, 0.3) is 0 Å². The van der Waals surface area contributed by atoms with Crippen LogP contribution in [0.5, 0.6) is 0 Å². The van der Waals surface area contributed by atoms with Crippen LogP contribution in [0.25, 0.3) is 0 Å². The molecular weight excluding hydrogens is 291 g/mol. The van der Waals surface area contributed by atoms with Crippen LogP contribution in [0.3, 0.4) is 0 Å². The van der Waals surface area contributed by atoms with Gasteiger partial charge in [0.15, 0.2) is 0 Å². The molecule has 0 aromatic heterocycles. The quantitative estimate of drug-likeness (QED) is 0.647. The van der Waals surface area contributed by atoms with E-state index in [-0.39, 0.29) is 18.6 Å². The molecule has 0 aliphatic carbocycles. The molecule has 0 aliphatic heterocycles. The van der Waals surface area contributed by atoms with Crippen molar-refractivity contribution in [1.29, 1.82) is 0 Å². The zero-order valence-electron chi connectivity index (χ0n) is 11.2. The summed E-state index contributed by atoms with van der Waals surface area (Å²) in [7, 11) is 1.23. The highest BCUT2D eigenvalue weighted by atomic mass is 19.4. The first-order chi connectivity index (χ1) is 9.81. The van der Waals surface area contributed by atoms with Crippen LogP contribution in [0.1, 0.15) is 16.8 Å². The highest BCUT2D eigenvalue weighted by molar-refractivity contribution is 5.94. The van der Waals surface area contributed by atoms with Gasteiger partial charge in [0.2, 0.25) is 5.91 Å². The first-order valence-electron chi connectivity index (χ1n) is 5.94. The number of anilines is 1. The van der Waals surface area contributed by atoms with Crippen LogP contribution in [0.15, 0.2) is 24.3 Å². The Balaban J connectivity index is 2.43. The Labute approximate surface area is 119 Å². The van der Waals surface area contributed by atoms with Gasteiger partial charge >= 0.3 is 12.1 Å². The molecule has 0 aliphatic rings. The first kappa shape index (κ1) is 17.0. The van der Waals surface area contributed by atoms with E-state index in [1.807, 2.05) is 0 Å². The molecule has 1 aromatic rings. The molecule has 5 nitrogen and oxygen atoms in total. The lowest BCUT2D eigenvalue weighted by atomic mass is 10.2. The fourth-order valence-electron chi connectivity index (χ4n) is 1.42. The van der Waals surface area contributed by atoms with E-state index < -0.39 is 24.7 Å². The second-order valence-corrected chi connectivity index (χ2v) is 4.04. The van der Waals surface area contributed by atoms with Crippen molar-refractivity contribution in [1.82, 2.24) is 0 Å². The molecule has 116 valence electrons. The average Bonchev–Trinajstić information content (AvgIpc) is 2.42. The van der Waals surface area contributed by atoms with E-state index in [1.54, 1.807) is 12.1 Å². The lowest BCUT2D eigenvalue weighted by molar-refractivity contribution is -0.174. The zero-order chi connectivity index (χ0) is 15.9. The normalized spacial score (nSPS) is 11.0. The van der Waals surface area contributed by atoms with Gasteiger partial charge < -0.3 is 14.8 Å². The Bertz CT molecular complexity index is 502. The van der Waals surface area contributed by atoms with Gasteiger partial charge in [0, 0.05) is 5.69 Å². The maximum Gasteiger partial charge on any atom is 0.411 e. The molecule has 1 N–H and O–H groups in total. The number of benzene rings is 1. The molecule has 8 heteroatoms. The number of methoxy groups -OCH3 is 1. The summed E-state index contributed by atoms with van der Waals surface area (Å²) in [6.45, 7) is -1.74. The molecule has 1 rings (SSSR count). The predicted molar refractivity (Wildman–Crippen MR) is 67.9 cm³/mol. The number of alkyl halides is 3. The van der Waals surface area contributed by atoms with Crippen molar-refractivity contribution in [2.24, 2.45) is 0 Å². The standard InChI is InChI=1S/C13H14F3NO4/c1-20-12(19)9-3-2-4-10(7-9)17-11(18)5-6-21-8-13(14,15)16/h2-4,7H,5-6,8H2,1H3,(H,17,18). The highest BCUT2D eigenvalue weighted by Crippen LogP contribution is 2.15. The largest absolute Gasteiger partial charge is 0.465 e. The zero-order valence-corrected chi connectivity index (χ0v) is 11.2. The summed E-state index contributed by atoms with van der Waals surface area (Å²) in [5, 5.41) is 2.45. The summed E-state index contributed by atoms with van der Waals surface area (Å²) in [6.07, 6.45) is -4.64. The first-order valence-corrected chi connectivity index (χ1v) is 5.94. The number of carbonyl (C=O) groups excluding carboxylic acids is 2. The van der Waals surface area contributed by atoms with Crippen molar-refractivity contribution < 1.29 is 32.2 Å². The fraction of sp³-hybridized carbons (Fsp3) is 0.385. The lowest BCUT2D eigenvalue weighted by Crippen LogP contribution is -2.20. The predicted octanol–water partition coefficient (Wildman–Crippen LogP) is 2.38. The van der Waals surface area contributed by atoms with Gasteiger partial charge in [0.05, 0.1) is 25.7 Å². The van der Waals surface area contributed by atoms with E-state index in [0.29, 0.717) is 5.69 Å². The maximum absolute atomic E-state index is 11.8. The Kier molecular flexibility index (Phi) is 6.16. The van der Waals surface area contributed by atoms with Crippen molar-refractivity contribution in [3.05, 3.63) is 29.8 Å². The third-order valence-electron chi connectivity index (χ3n) is 2.31.